The van der Waals surface area contributed by atoms with E-state index in [9.17, 15) is 4.79 Å². The zero-order valence-electron chi connectivity index (χ0n) is 14.7. The lowest BCUT2D eigenvalue weighted by atomic mass is 10.1. The van der Waals surface area contributed by atoms with E-state index in [1.807, 2.05) is 67.6 Å². The molecule has 132 valence electrons. The van der Waals surface area contributed by atoms with E-state index in [4.69, 9.17) is 4.74 Å². The number of pyridine rings is 2. The molecular formula is C22H17N3O2. The second-order valence-corrected chi connectivity index (χ2v) is 6.09. The maximum atomic E-state index is 12.7. The number of nitrogens with zero attached hydrogens (tertiary/aromatic N) is 2. The fourth-order valence-corrected chi connectivity index (χ4v) is 2.78. The summed E-state index contributed by atoms with van der Waals surface area (Å²) in [6.07, 6.45) is 1.71. The van der Waals surface area contributed by atoms with Crippen molar-refractivity contribution in [3.63, 3.8) is 0 Å². The molecule has 0 saturated heterocycles. The molecule has 0 aliphatic rings. The van der Waals surface area contributed by atoms with Gasteiger partial charge in [-0.15, -0.1) is 0 Å². The predicted molar refractivity (Wildman–Crippen MR) is 105 cm³/mol. The number of rotatable bonds is 4. The third kappa shape index (κ3) is 3.77. The van der Waals surface area contributed by atoms with Gasteiger partial charge in [-0.25, -0.2) is 4.98 Å². The van der Waals surface area contributed by atoms with Crippen molar-refractivity contribution in [1.29, 1.82) is 0 Å². The molecule has 2 aromatic carbocycles. The Labute approximate surface area is 156 Å². The summed E-state index contributed by atoms with van der Waals surface area (Å²) in [5, 5.41) is 2.89. The van der Waals surface area contributed by atoms with E-state index in [2.05, 4.69) is 15.3 Å². The second kappa shape index (κ2) is 7.25. The first-order valence-corrected chi connectivity index (χ1v) is 8.56. The number of benzene rings is 2. The van der Waals surface area contributed by atoms with Crippen LogP contribution < -0.4 is 10.1 Å². The zero-order chi connectivity index (χ0) is 18.6. The number of hydrogen-bond donors (Lipinski definition) is 1. The number of carbonyl (C=O) groups is 1. The van der Waals surface area contributed by atoms with E-state index in [0.29, 0.717) is 22.6 Å². The number of aromatic nitrogens is 2. The Morgan fingerprint density at radius 3 is 2.56 bits per heavy atom. The van der Waals surface area contributed by atoms with Crippen LogP contribution in [0.1, 0.15) is 16.1 Å². The number of hydrogen-bond acceptors (Lipinski definition) is 4. The molecule has 2 heterocycles. The van der Waals surface area contributed by atoms with Crippen LogP contribution in [0.25, 0.3) is 11.0 Å². The van der Waals surface area contributed by atoms with Crippen LogP contribution in [-0.4, -0.2) is 15.9 Å². The highest BCUT2D eigenvalue weighted by molar-refractivity contribution is 6.05. The molecule has 4 rings (SSSR count). The fraction of sp³-hybridized carbons (Fsp3) is 0.0455. The van der Waals surface area contributed by atoms with Crippen molar-refractivity contribution < 1.29 is 9.53 Å². The number of nitrogens with one attached hydrogen (secondary N) is 1. The summed E-state index contributed by atoms with van der Waals surface area (Å²) in [5.41, 5.74) is 3.25. The van der Waals surface area contributed by atoms with Gasteiger partial charge in [0.1, 0.15) is 17.2 Å². The van der Waals surface area contributed by atoms with Crippen LogP contribution in [0.5, 0.6) is 11.5 Å². The number of aryl methyl sites for hydroxylation is 1. The molecule has 1 N–H and O–H groups in total. The molecule has 0 aliphatic heterocycles. The number of ether oxygens (including phenoxy) is 1. The molecule has 0 saturated carbocycles. The summed E-state index contributed by atoms with van der Waals surface area (Å²) in [7, 11) is 0. The Kier molecular flexibility index (Phi) is 4.49. The Morgan fingerprint density at radius 2 is 1.70 bits per heavy atom. The van der Waals surface area contributed by atoms with Gasteiger partial charge in [0.15, 0.2) is 0 Å². The molecule has 5 heteroatoms. The van der Waals surface area contributed by atoms with Crippen molar-refractivity contribution in [2.24, 2.45) is 0 Å². The predicted octanol–water partition coefficient (Wildman–Crippen LogP) is 4.98. The Morgan fingerprint density at radius 1 is 0.889 bits per heavy atom. The lowest BCUT2D eigenvalue weighted by molar-refractivity contribution is 0.102. The van der Waals surface area contributed by atoms with Gasteiger partial charge in [0, 0.05) is 18.0 Å². The van der Waals surface area contributed by atoms with Gasteiger partial charge >= 0.3 is 0 Å². The number of anilines is 1. The van der Waals surface area contributed by atoms with Crippen LogP contribution in [0.4, 0.5) is 5.69 Å². The first kappa shape index (κ1) is 16.7. The van der Waals surface area contributed by atoms with Crippen molar-refractivity contribution >= 4 is 22.6 Å². The molecule has 0 spiro atoms. The van der Waals surface area contributed by atoms with Gasteiger partial charge in [-0.2, -0.15) is 0 Å². The fourth-order valence-electron chi connectivity index (χ4n) is 2.78. The second-order valence-electron chi connectivity index (χ2n) is 6.09. The molecule has 0 unspecified atom stereocenters. The highest BCUT2D eigenvalue weighted by atomic mass is 16.5. The monoisotopic (exact) mass is 355 g/mol. The summed E-state index contributed by atoms with van der Waals surface area (Å²) in [6, 6.07) is 22.3. The summed E-state index contributed by atoms with van der Waals surface area (Å²) in [5.74, 6) is 1.11. The zero-order valence-corrected chi connectivity index (χ0v) is 14.7. The summed E-state index contributed by atoms with van der Waals surface area (Å²) >= 11 is 0. The minimum absolute atomic E-state index is 0.268. The number of fused-ring (bicyclic) bond motifs is 1. The minimum Gasteiger partial charge on any atom is -0.457 e. The molecule has 27 heavy (non-hydrogen) atoms. The van der Waals surface area contributed by atoms with Crippen LogP contribution in [0, 0.1) is 6.92 Å². The highest BCUT2D eigenvalue weighted by Gasteiger charge is 2.13. The Bertz CT molecular complexity index is 1110. The average molecular weight is 355 g/mol. The van der Waals surface area contributed by atoms with E-state index in [-0.39, 0.29) is 5.91 Å². The number of para-hydroxylation sites is 1. The largest absolute Gasteiger partial charge is 0.457 e. The summed E-state index contributed by atoms with van der Waals surface area (Å²) < 4.78 is 5.81. The average Bonchev–Trinajstić information content (AvgIpc) is 2.68. The van der Waals surface area contributed by atoms with Crippen molar-refractivity contribution in [1.82, 2.24) is 9.97 Å². The molecular weight excluding hydrogens is 338 g/mol. The van der Waals surface area contributed by atoms with Gasteiger partial charge < -0.3 is 10.1 Å². The molecule has 5 nitrogen and oxygen atoms in total. The number of carbonyl (C=O) groups excluding carboxylic acids is 1. The van der Waals surface area contributed by atoms with Gasteiger partial charge in [-0.3, -0.25) is 9.78 Å². The van der Waals surface area contributed by atoms with Crippen molar-refractivity contribution in [3.05, 3.63) is 90.3 Å². The number of amides is 1. The van der Waals surface area contributed by atoms with Crippen LogP contribution in [0.15, 0.2) is 79.0 Å². The van der Waals surface area contributed by atoms with Gasteiger partial charge in [0.25, 0.3) is 5.91 Å². The van der Waals surface area contributed by atoms with E-state index < -0.39 is 0 Å². The maximum absolute atomic E-state index is 12.7. The van der Waals surface area contributed by atoms with Gasteiger partial charge in [0.2, 0.25) is 0 Å². The van der Waals surface area contributed by atoms with Crippen LogP contribution in [0.3, 0.4) is 0 Å². The van der Waals surface area contributed by atoms with Gasteiger partial charge in [-0.1, -0.05) is 24.3 Å². The lowest BCUT2D eigenvalue weighted by Gasteiger charge is -2.10. The van der Waals surface area contributed by atoms with Crippen molar-refractivity contribution in [2.45, 2.75) is 6.92 Å². The van der Waals surface area contributed by atoms with E-state index >= 15 is 0 Å². The Hall–Kier alpha value is -3.73. The molecule has 0 bridgehead atoms. The molecule has 0 atom stereocenters. The van der Waals surface area contributed by atoms with Crippen LogP contribution >= 0.6 is 0 Å². The van der Waals surface area contributed by atoms with Crippen LogP contribution in [0.2, 0.25) is 0 Å². The maximum Gasteiger partial charge on any atom is 0.274 e. The highest BCUT2D eigenvalue weighted by Crippen LogP contribution is 2.24. The molecule has 4 aromatic rings. The molecule has 2 aromatic heterocycles. The standard InChI is InChI=1S/C22H17N3O2/c1-15-13-20-19(11-6-12-23-20)25-21(15)22(26)24-16-7-5-10-18(14-16)27-17-8-3-2-4-9-17/h2-14H,1H3,(H,24,26). The van der Waals surface area contributed by atoms with E-state index in [1.165, 1.54) is 0 Å². The Balaban J connectivity index is 1.56. The van der Waals surface area contributed by atoms with Crippen molar-refractivity contribution in [3.8, 4) is 11.5 Å². The summed E-state index contributed by atoms with van der Waals surface area (Å²) in [4.78, 5) is 21.4. The van der Waals surface area contributed by atoms with Crippen LogP contribution in [-0.2, 0) is 0 Å². The van der Waals surface area contributed by atoms with Gasteiger partial charge in [-0.05, 0) is 55.0 Å². The minimum atomic E-state index is -0.268. The summed E-state index contributed by atoms with van der Waals surface area (Å²) in [6.45, 7) is 1.85. The van der Waals surface area contributed by atoms with E-state index in [1.54, 1.807) is 18.3 Å². The lowest BCUT2D eigenvalue weighted by Crippen LogP contribution is -2.15. The van der Waals surface area contributed by atoms with Gasteiger partial charge in [0.05, 0.1) is 11.0 Å². The molecule has 0 radical (unpaired) electrons. The quantitative estimate of drug-likeness (QED) is 0.560. The normalized spacial score (nSPS) is 10.6. The topological polar surface area (TPSA) is 64.1 Å². The first-order chi connectivity index (χ1) is 13.2. The van der Waals surface area contributed by atoms with E-state index in [0.717, 1.165) is 16.8 Å². The smallest absolute Gasteiger partial charge is 0.274 e. The van der Waals surface area contributed by atoms with Crippen molar-refractivity contribution in [2.75, 3.05) is 5.32 Å². The SMILES string of the molecule is Cc1cc2ncccc2nc1C(=O)Nc1cccc(Oc2ccccc2)c1. The molecule has 0 fully saturated rings. The molecule has 1 amide bonds. The first-order valence-electron chi connectivity index (χ1n) is 8.56. The molecule has 0 aliphatic carbocycles. The third-order valence-corrected chi connectivity index (χ3v) is 4.06. The third-order valence-electron chi connectivity index (χ3n) is 4.06.